The molecule has 3 heterocycles. The van der Waals surface area contributed by atoms with Crippen molar-refractivity contribution in [3.8, 4) is 23.0 Å². The van der Waals surface area contributed by atoms with Crippen molar-refractivity contribution in [2.45, 2.75) is 190 Å². The van der Waals surface area contributed by atoms with Gasteiger partial charge in [-0.05, 0) is 142 Å². The first-order valence-electron chi connectivity index (χ1n) is 36.7. The Hall–Kier alpha value is -2.67. The minimum absolute atomic E-state index is 0. The number of phenols is 1. The number of fused-ring (bicyclic) bond motifs is 2. The molecule has 2 bridgehead atoms. The van der Waals surface area contributed by atoms with E-state index in [1.54, 1.807) is 64.4 Å². The number of ether oxygens (including phenoxy) is 3. The molecular formula is C79H113Cs2FN4O18S7. The fraction of sp³-hybridized carbons (Fsp3) is 0.506. The fourth-order valence-corrected chi connectivity index (χ4v) is 14.8. The van der Waals surface area contributed by atoms with Gasteiger partial charge in [-0.25, -0.2) is 0 Å². The Labute approximate surface area is 816 Å². The van der Waals surface area contributed by atoms with Crippen LogP contribution in [0, 0.1) is 30.6 Å². The summed E-state index contributed by atoms with van der Waals surface area (Å²) in [4.78, 5) is 124. The number of likely N-dealkylation sites (tertiary alicyclic amines) is 2. The molecular weight excluding hydrogens is 1800 g/mol. The molecule has 32 heteroatoms. The Balaban J connectivity index is -0.00000187. The summed E-state index contributed by atoms with van der Waals surface area (Å²) in [5, 5.41) is 24.5. The van der Waals surface area contributed by atoms with Gasteiger partial charge in [0.05, 0.1) is 62.6 Å². The number of Topliss-reactive ketones (excluding diaryl/α,β-unsaturated/α-hetero) is 4. The van der Waals surface area contributed by atoms with Crippen LogP contribution in [0.25, 0.3) is 0 Å². The maximum absolute atomic E-state index is 14.2. The predicted molar refractivity (Wildman–Crippen MR) is 444 cm³/mol. The molecule has 4 fully saturated rings. The van der Waals surface area contributed by atoms with Crippen molar-refractivity contribution >= 4 is 144 Å². The van der Waals surface area contributed by atoms with E-state index in [4.69, 9.17) is 29.8 Å². The van der Waals surface area contributed by atoms with Crippen LogP contribution in [0.2, 0.25) is 0 Å². The van der Waals surface area contributed by atoms with Gasteiger partial charge in [0.25, 0.3) is 16.6 Å². The number of aryl methyl sites for hydroxylation is 1. The second-order valence-corrected chi connectivity index (χ2v) is 28.6. The van der Waals surface area contributed by atoms with Gasteiger partial charge >= 0.3 is 138 Å². The zero-order valence-electron chi connectivity index (χ0n) is 65.9. The number of amides is 4. The summed E-state index contributed by atoms with van der Waals surface area (Å²) in [5.74, 6) is -0.851. The third-order valence-electron chi connectivity index (χ3n) is 19.4. The van der Waals surface area contributed by atoms with Crippen molar-refractivity contribution < 1.29 is 230 Å². The molecule has 5 aromatic rings. The number of alkyl halides is 1. The van der Waals surface area contributed by atoms with E-state index in [2.05, 4.69) is 15.5 Å². The number of nitrogens with zero attached hydrogens (tertiary/aromatic N) is 2. The topological polar surface area (TPSA) is 308 Å². The van der Waals surface area contributed by atoms with Crippen LogP contribution in [-0.2, 0) is 75.2 Å². The minimum Gasteiger partial charge on any atom is -1.00 e. The largest absolute Gasteiger partial charge is 1.00 e. The third-order valence-corrected chi connectivity index (χ3v) is 20.7. The van der Waals surface area contributed by atoms with Crippen molar-refractivity contribution in [1.29, 1.82) is 0 Å². The molecule has 3 aliphatic heterocycles. The number of hydrogen-bond acceptors (Lipinski definition) is 18. The van der Waals surface area contributed by atoms with Gasteiger partial charge in [0.15, 0.2) is 23.1 Å². The van der Waals surface area contributed by atoms with Crippen LogP contribution in [0.15, 0.2) is 138 Å². The monoisotopic (exact) mass is 1920 g/mol. The summed E-state index contributed by atoms with van der Waals surface area (Å²) in [5.41, 5.74) is 2.52. The molecule has 5 aliphatic rings. The zero-order valence-corrected chi connectivity index (χ0v) is 83.3. The number of phenolic OH excluding ortho intramolecular Hbond substituents is 1. The first-order chi connectivity index (χ1) is 50.3. The van der Waals surface area contributed by atoms with Crippen LogP contribution in [0.1, 0.15) is 161 Å². The number of unbranched alkanes of at least 4 members (excludes halogenated alkanes) is 1. The molecule has 3 N–H and O–H groups in total. The first-order valence-corrected chi connectivity index (χ1v) is 37.4. The fourth-order valence-electron chi connectivity index (χ4n) is 13.8. The number of nitrogens with one attached hydrogen (secondary N) is 2. The number of rotatable bonds is 29. The SMILES string of the molecule is Cc1ccc(S(=O)(=O)OCCCC[C@H](NC(=O)[C@H](COc2ccccc2)CC(=O)[C@H](Cc2cccc(O)c2)N2CCCC2=O)C(=O)CC2CCCC2)cc1.O=C1N[C@H](C(=O)CC2CCCC2)CCCCOc2cccc(c2)C[C@H](N2CCCC2=O)C(=O)C[C@H]1COc1ccccc1.O=CO[O-].S.S.S.S.S.S.[2H]CF.[Cs+].[Cs+].[H-]. The quantitative estimate of drug-likeness (QED) is 0.0187. The minimum atomic E-state index is -3.94. The Morgan fingerprint density at radius 1 is 0.721 bits per heavy atom. The average Bonchev–Trinajstić information content (AvgIpc) is 1.14. The molecule has 0 aromatic heterocycles. The zero-order chi connectivity index (χ0) is 74.6. The number of benzene rings is 5. The van der Waals surface area contributed by atoms with Gasteiger partial charge in [-0.3, -0.25) is 51.7 Å². The molecule has 0 unspecified atom stereocenters. The molecule has 0 radical (unpaired) electrons. The second kappa shape index (κ2) is 60.8. The van der Waals surface area contributed by atoms with E-state index in [1.807, 2.05) is 67.6 Å². The number of aromatic hydroxyl groups is 1. The average molecular weight is 1920 g/mol. The van der Waals surface area contributed by atoms with Crippen LogP contribution in [-0.4, -0.2) is 147 Å². The Morgan fingerprint density at radius 3 is 1.89 bits per heavy atom. The number of para-hydroxylation sites is 2. The Morgan fingerprint density at radius 2 is 1.31 bits per heavy atom. The van der Waals surface area contributed by atoms with Crippen molar-refractivity contribution in [2.24, 2.45) is 23.7 Å². The standard InChI is InChI=1S/C42H52N2O9S.C35H44N2O6.CH3F.CH2O3.2Cs.6H2S.H/c1-30-19-21-36(22-20-30)54(50,51)53-24-8-7-17-37(39(46)27-31-11-5-6-12-31)43-42(49)33(29-52-35-15-3-2-4-16-35)28-40(47)38(44-23-10-18-41(44)48)26-32-13-9-14-34(45)25-32;38-32(22-25-10-4-5-11-25)30-16-6-7-19-42-29-15-8-12-26(20-29)21-31(37-18-9-17-34(37)40)33(39)23-27(35(41)36-30)24-43-28-13-2-1-3-14-28;1-2;2-1-4-3;;;;;;;;;/h2-4,9,13-16,19-22,25,31,33,37-38,45H,5-8,10-12,17-18,23-24,26-29H2,1H3,(H,43,49);1-3,8,12-15,20,25,27,30-31H,4-7,9-11,16-19,21-24H2,(H,36,41);1H3;1,3H;;;6*1H2;/q;;;;2*+1;;;;;;;-1/p-1/t33-,37-,38-;27-,30-,31-;;;;;;;;;;;/m00.........../s1/i;;1D;;;;;;;;;;. The van der Waals surface area contributed by atoms with E-state index >= 15 is 0 Å². The van der Waals surface area contributed by atoms with Gasteiger partial charge < -0.3 is 51.3 Å². The van der Waals surface area contributed by atoms with E-state index in [0.717, 1.165) is 81.1 Å². The predicted octanol–water partition coefficient (Wildman–Crippen LogP) is 4.99. The number of carbonyl (C=O) groups is 9. The van der Waals surface area contributed by atoms with Gasteiger partial charge in [0.2, 0.25) is 23.6 Å². The molecule has 22 nitrogen and oxygen atoms in total. The normalized spacial score (nSPS) is 17.9. The molecule has 6 atom stereocenters. The van der Waals surface area contributed by atoms with Gasteiger partial charge in [-0.1, -0.05) is 130 Å². The summed E-state index contributed by atoms with van der Waals surface area (Å²) >= 11 is 0. The molecule has 2 saturated heterocycles. The smallest absolute Gasteiger partial charge is 1.00 e. The number of ketones is 4. The van der Waals surface area contributed by atoms with Gasteiger partial charge in [-0.2, -0.15) is 89.4 Å². The van der Waals surface area contributed by atoms with Crippen molar-refractivity contribution in [2.75, 3.05) is 46.7 Å². The molecule has 4 amide bonds. The van der Waals surface area contributed by atoms with E-state index in [1.165, 1.54) is 18.2 Å². The molecule has 2 aliphatic carbocycles. The number of hydrogen-bond donors (Lipinski definition) is 3. The summed E-state index contributed by atoms with van der Waals surface area (Å²) in [6.45, 7) is 2.88. The first kappa shape index (κ1) is 108. The molecule has 2 saturated carbocycles. The summed E-state index contributed by atoms with van der Waals surface area (Å²) in [6.07, 6.45) is 14.5. The van der Waals surface area contributed by atoms with Gasteiger partial charge in [0.1, 0.15) is 36.2 Å². The van der Waals surface area contributed by atoms with E-state index in [9.17, 15) is 56.3 Å². The molecule has 0 spiro atoms. The number of carbonyl (C=O) groups excluding carboxylic acids is 9. The molecule has 10 rings (SSSR count). The van der Waals surface area contributed by atoms with Crippen LogP contribution in [0.3, 0.4) is 0 Å². The van der Waals surface area contributed by atoms with E-state index < -0.39 is 59.2 Å². The van der Waals surface area contributed by atoms with Crippen molar-refractivity contribution in [3.63, 3.8) is 0 Å². The van der Waals surface area contributed by atoms with Crippen LogP contribution < -0.4 is 168 Å². The van der Waals surface area contributed by atoms with Crippen LogP contribution in [0.4, 0.5) is 4.39 Å². The van der Waals surface area contributed by atoms with E-state index in [0.29, 0.717) is 107 Å². The Bertz CT molecular complexity index is 3710. The maximum atomic E-state index is 14.2. The van der Waals surface area contributed by atoms with Crippen molar-refractivity contribution in [1.82, 2.24) is 20.4 Å². The van der Waals surface area contributed by atoms with Gasteiger partial charge in [0, 0.05) is 64.5 Å². The Kier molecular flexibility index (Phi) is 59.3. The van der Waals surface area contributed by atoms with Crippen LogP contribution in [0.5, 0.6) is 23.0 Å². The maximum Gasteiger partial charge on any atom is 1.00 e. The summed E-state index contributed by atoms with van der Waals surface area (Å²) in [7, 11) is -4.94. The van der Waals surface area contributed by atoms with Crippen LogP contribution >= 0.6 is 81.0 Å². The van der Waals surface area contributed by atoms with Crippen molar-refractivity contribution in [3.05, 3.63) is 150 Å². The molecule has 608 valence electrons. The molecule has 5 aromatic carbocycles. The second-order valence-electron chi connectivity index (χ2n) is 27.0. The van der Waals surface area contributed by atoms with E-state index in [-0.39, 0.29) is 330 Å². The summed E-state index contributed by atoms with van der Waals surface area (Å²) < 4.78 is 64.1. The number of halogens is 1. The molecule has 111 heavy (non-hydrogen) atoms. The third kappa shape index (κ3) is 38.7. The summed E-state index contributed by atoms with van der Waals surface area (Å²) in [6, 6.07) is 35.8. The van der Waals surface area contributed by atoms with Gasteiger partial charge in [-0.15, -0.1) is 0 Å².